The van der Waals surface area contributed by atoms with E-state index in [1.807, 2.05) is 0 Å². The molecule has 2 aliphatic heterocycles. The molecule has 0 amide bonds. The van der Waals surface area contributed by atoms with Gasteiger partial charge in [-0.05, 0) is 6.92 Å². The molecule has 0 aromatic heterocycles. The molecule has 0 saturated carbocycles. The molecule has 3 N–H and O–H groups in total. The third-order valence-electron chi connectivity index (χ3n) is 4.30. The van der Waals surface area contributed by atoms with E-state index in [9.17, 15) is 36.6 Å². The lowest BCUT2D eigenvalue weighted by Crippen LogP contribution is -2.43. The van der Waals surface area contributed by atoms with Crippen LogP contribution in [0.4, 0.5) is 22.0 Å². The highest BCUT2D eigenvalue weighted by atomic mass is 19.2. The van der Waals surface area contributed by atoms with Gasteiger partial charge in [-0.3, -0.25) is 4.79 Å². The number of nitrogens with one attached hydrogen (secondary N) is 2. The summed E-state index contributed by atoms with van der Waals surface area (Å²) in [6, 6.07) is 0. The van der Waals surface area contributed by atoms with Crippen LogP contribution < -0.4 is 10.6 Å². The lowest BCUT2D eigenvalue weighted by atomic mass is 9.77. The van der Waals surface area contributed by atoms with Crippen molar-refractivity contribution in [1.82, 2.24) is 10.6 Å². The largest absolute Gasteiger partial charge is 0.478 e. The monoisotopic (exact) mass is 374 g/mol. The number of dihydropyridines is 1. The summed E-state index contributed by atoms with van der Waals surface area (Å²) >= 11 is 0. The number of hydrogen-bond acceptors (Lipinski definition) is 4. The van der Waals surface area contributed by atoms with Crippen LogP contribution in [-0.2, 0) is 9.59 Å². The molecule has 1 aromatic rings. The van der Waals surface area contributed by atoms with Gasteiger partial charge in [-0.1, -0.05) is 0 Å². The Labute approximate surface area is 143 Å². The van der Waals surface area contributed by atoms with Crippen LogP contribution in [0.2, 0.25) is 0 Å². The van der Waals surface area contributed by atoms with Crippen LogP contribution in [0.3, 0.4) is 0 Å². The number of rotatable bonds is 2. The Kier molecular flexibility index (Phi) is 4.31. The number of carboxylic acids is 1. The number of aliphatic carboxylic acids is 1. The molecule has 1 atom stereocenters. The lowest BCUT2D eigenvalue weighted by molar-refractivity contribution is -0.133. The number of carbonyl (C=O) groups is 2. The molecule has 138 valence electrons. The second-order valence-corrected chi connectivity index (χ2v) is 5.80. The van der Waals surface area contributed by atoms with Gasteiger partial charge in [-0.2, -0.15) is 0 Å². The Balaban J connectivity index is 2.39. The van der Waals surface area contributed by atoms with E-state index < -0.39 is 57.9 Å². The Hall–Kier alpha value is -2.75. The highest BCUT2D eigenvalue weighted by Crippen LogP contribution is 2.42. The van der Waals surface area contributed by atoms with Crippen molar-refractivity contribution in [3.63, 3.8) is 0 Å². The fourth-order valence-electron chi connectivity index (χ4n) is 3.21. The van der Waals surface area contributed by atoms with Gasteiger partial charge in [0.2, 0.25) is 5.82 Å². The van der Waals surface area contributed by atoms with Gasteiger partial charge in [0.15, 0.2) is 29.1 Å². The molecular formula is C16H11F5N2O3. The zero-order valence-electron chi connectivity index (χ0n) is 13.1. The van der Waals surface area contributed by atoms with Crippen LogP contribution in [-0.4, -0.2) is 29.9 Å². The Morgan fingerprint density at radius 3 is 2.08 bits per heavy atom. The zero-order valence-corrected chi connectivity index (χ0v) is 13.1. The molecule has 2 heterocycles. The highest BCUT2D eigenvalue weighted by molar-refractivity contribution is 6.04. The second-order valence-electron chi connectivity index (χ2n) is 5.80. The molecule has 5 nitrogen and oxygen atoms in total. The topological polar surface area (TPSA) is 78.4 Å². The fraction of sp³-hybridized carbons (Fsp3) is 0.250. The van der Waals surface area contributed by atoms with E-state index in [2.05, 4.69) is 10.6 Å². The molecule has 0 fully saturated rings. The summed E-state index contributed by atoms with van der Waals surface area (Å²) < 4.78 is 69.3. The molecule has 0 saturated heterocycles. The maximum Gasteiger partial charge on any atom is 0.334 e. The lowest BCUT2D eigenvalue weighted by Gasteiger charge is -2.34. The van der Waals surface area contributed by atoms with Gasteiger partial charge in [0.25, 0.3) is 0 Å². The van der Waals surface area contributed by atoms with Gasteiger partial charge in [0.1, 0.15) is 0 Å². The minimum absolute atomic E-state index is 0.0389. The van der Waals surface area contributed by atoms with Crippen LogP contribution >= 0.6 is 0 Å². The van der Waals surface area contributed by atoms with Crippen molar-refractivity contribution >= 4 is 11.8 Å². The normalized spacial score (nSPS) is 20.2. The van der Waals surface area contributed by atoms with Crippen molar-refractivity contribution in [2.24, 2.45) is 0 Å². The predicted molar refractivity (Wildman–Crippen MR) is 77.3 cm³/mol. The number of halogens is 5. The van der Waals surface area contributed by atoms with Crippen molar-refractivity contribution in [2.75, 3.05) is 13.1 Å². The molecule has 26 heavy (non-hydrogen) atoms. The average molecular weight is 374 g/mol. The smallest absolute Gasteiger partial charge is 0.334 e. The highest BCUT2D eigenvalue weighted by Gasteiger charge is 2.43. The third-order valence-corrected chi connectivity index (χ3v) is 4.30. The van der Waals surface area contributed by atoms with Crippen molar-refractivity contribution in [1.29, 1.82) is 0 Å². The Morgan fingerprint density at radius 2 is 1.54 bits per heavy atom. The molecule has 0 spiro atoms. The molecule has 2 aliphatic rings. The zero-order chi connectivity index (χ0) is 19.3. The SMILES string of the molecule is CC1=C(C(=O)O)C(c2c(F)c(F)c(F)c(F)c2F)C2=C(CNCC2=O)N1. The summed E-state index contributed by atoms with van der Waals surface area (Å²) in [5.41, 5.74) is -2.31. The van der Waals surface area contributed by atoms with Crippen LogP contribution in [0.25, 0.3) is 0 Å². The first-order valence-electron chi connectivity index (χ1n) is 7.36. The van der Waals surface area contributed by atoms with Gasteiger partial charge < -0.3 is 15.7 Å². The number of hydrogen-bond donors (Lipinski definition) is 3. The first-order valence-corrected chi connectivity index (χ1v) is 7.36. The van der Waals surface area contributed by atoms with Crippen LogP contribution in [0.15, 0.2) is 22.5 Å². The van der Waals surface area contributed by atoms with Gasteiger partial charge in [0, 0.05) is 29.1 Å². The summed E-state index contributed by atoms with van der Waals surface area (Å²) in [5.74, 6) is -15.4. The summed E-state index contributed by atoms with van der Waals surface area (Å²) in [5, 5.41) is 14.8. The number of allylic oxidation sites excluding steroid dienone is 1. The van der Waals surface area contributed by atoms with Crippen molar-refractivity contribution < 1.29 is 36.6 Å². The number of benzene rings is 1. The average Bonchev–Trinajstić information content (AvgIpc) is 2.57. The van der Waals surface area contributed by atoms with E-state index in [1.54, 1.807) is 0 Å². The van der Waals surface area contributed by atoms with Gasteiger partial charge in [-0.25, -0.2) is 26.7 Å². The van der Waals surface area contributed by atoms with E-state index in [4.69, 9.17) is 0 Å². The molecule has 10 heteroatoms. The molecule has 0 radical (unpaired) electrons. The van der Waals surface area contributed by atoms with Gasteiger partial charge in [-0.15, -0.1) is 0 Å². The van der Waals surface area contributed by atoms with E-state index in [0.717, 1.165) is 0 Å². The van der Waals surface area contributed by atoms with Crippen molar-refractivity contribution in [3.05, 3.63) is 57.2 Å². The van der Waals surface area contributed by atoms with Crippen molar-refractivity contribution in [3.8, 4) is 0 Å². The summed E-state index contributed by atoms with van der Waals surface area (Å²) in [7, 11) is 0. The summed E-state index contributed by atoms with van der Waals surface area (Å²) in [6.07, 6.45) is 0. The molecule has 1 unspecified atom stereocenters. The molecular weight excluding hydrogens is 363 g/mol. The first kappa shape index (κ1) is 18.1. The number of carbonyl (C=O) groups excluding carboxylic acids is 1. The van der Waals surface area contributed by atoms with Crippen LogP contribution in [0, 0.1) is 29.1 Å². The first-order chi connectivity index (χ1) is 12.2. The Morgan fingerprint density at radius 1 is 1.00 bits per heavy atom. The minimum atomic E-state index is -2.36. The number of ketones is 1. The molecule has 3 rings (SSSR count). The quantitative estimate of drug-likeness (QED) is 0.418. The van der Waals surface area contributed by atoms with Crippen LogP contribution in [0.1, 0.15) is 18.4 Å². The minimum Gasteiger partial charge on any atom is -0.478 e. The third kappa shape index (κ3) is 2.48. The fourth-order valence-corrected chi connectivity index (χ4v) is 3.21. The van der Waals surface area contributed by atoms with Crippen LogP contribution in [0.5, 0.6) is 0 Å². The summed E-state index contributed by atoms with van der Waals surface area (Å²) in [4.78, 5) is 23.9. The van der Waals surface area contributed by atoms with Gasteiger partial charge in [0.05, 0.1) is 18.0 Å². The predicted octanol–water partition coefficient (Wildman–Crippen LogP) is 1.85. The second kappa shape index (κ2) is 6.20. The molecule has 1 aromatic carbocycles. The van der Waals surface area contributed by atoms with E-state index in [1.165, 1.54) is 6.92 Å². The van der Waals surface area contributed by atoms with E-state index >= 15 is 0 Å². The van der Waals surface area contributed by atoms with E-state index in [-0.39, 0.29) is 30.1 Å². The standard InChI is InChI=1S/C16H11F5N2O3/c1-4-7(16(25)26)9(8-5(23-4)2-22-3-6(8)24)10-11(17)13(19)15(21)14(20)12(10)18/h9,22-23H,2-3H2,1H3,(H,25,26). The number of carboxylic acid groups (broad SMARTS) is 1. The molecule has 0 aliphatic carbocycles. The number of Topliss-reactive ketones (excluding diaryl/α,β-unsaturated/α-hetero) is 1. The van der Waals surface area contributed by atoms with Gasteiger partial charge >= 0.3 is 5.97 Å². The Bertz CT molecular complexity index is 894. The maximum absolute atomic E-state index is 14.3. The van der Waals surface area contributed by atoms with Crippen molar-refractivity contribution in [2.45, 2.75) is 12.8 Å². The maximum atomic E-state index is 14.3. The molecule has 0 bridgehead atoms. The van der Waals surface area contributed by atoms with E-state index in [0.29, 0.717) is 0 Å². The summed E-state index contributed by atoms with van der Waals surface area (Å²) in [6.45, 7) is 1.04.